The molecule has 2 rings (SSSR count). The van der Waals surface area contributed by atoms with Crippen molar-refractivity contribution in [2.24, 2.45) is 0 Å². The second-order valence-electron chi connectivity index (χ2n) is 6.12. The molecule has 28 heavy (non-hydrogen) atoms. The van der Waals surface area contributed by atoms with Gasteiger partial charge < -0.3 is 4.74 Å². The van der Waals surface area contributed by atoms with Gasteiger partial charge in [-0.05, 0) is 49.6 Å². The first-order chi connectivity index (χ1) is 13.3. The Hall–Kier alpha value is -3.68. The highest BCUT2D eigenvalue weighted by molar-refractivity contribution is 5.93. The van der Waals surface area contributed by atoms with E-state index in [2.05, 4.69) is 10.9 Å². The molecule has 0 fully saturated rings. The van der Waals surface area contributed by atoms with Crippen LogP contribution in [0.25, 0.3) is 6.08 Å². The van der Waals surface area contributed by atoms with Gasteiger partial charge in [0.15, 0.2) is 6.10 Å². The molecular formula is C20H21N3O5. The first-order valence-corrected chi connectivity index (χ1v) is 8.53. The third kappa shape index (κ3) is 5.66. The molecule has 0 saturated carbocycles. The van der Waals surface area contributed by atoms with Crippen molar-refractivity contribution in [2.45, 2.75) is 26.9 Å². The van der Waals surface area contributed by atoms with Crippen LogP contribution in [0.4, 0.5) is 5.69 Å². The summed E-state index contributed by atoms with van der Waals surface area (Å²) in [5.74, 6) is -0.503. The lowest BCUT2D eigenvalue weighted by Crippen LogP contribution is -2.46. The maximum Gasteiger partial charge on any atom is 0.279 e. The molecule has 146 valence electrons. The standard InChI is InChI=1S/C20H21N3O5/c1-13-6-4-9-18(14(13)2)28-15(3)20(25)22-21-19(24)11-10-16-7-5-8-17(12-16)23(26)27/h4-12,15H,1-3H3,(H,21,24)(H,22,25)/b11-10+/t15-/m0/s1. The molecule has 2 N–H and O–H groups in total. The summed E-state index contributed by atoms with van der Waals surface area (Å²) in [5.41, 5.74) is 6.92. The Balaban J connectivity index is 1.87. The molecule has 8 nitrogen and oxygen atoms in total. The Kier molecular flexibility index (Phi) is 6.86. The number of aryl methyl sites for hydroxylation is 1. The molecule has 2 aromatic rings. The maximum absolute atomic E-state index is 12.1. The Morgan fingerprint density at radius 3 is 2.57 bits per heavy atom. The summed E-state index contributed by atoms with van der Waals surface area (Å²) >= 11 is 0. The fraction of sp³-hybridized carbons (Fsp3) is 0.200. The van der Waals surface area contributed by atoms with Crippen molar-refractivity contribution < 1.29 is 19.2 Å². The van der Waals surface area contributed by atoms with Crippen molar-refractivity contribution >= 4 is 23.6 Å². The molecule has 0 heterocycles. The van der Waals surface area contributed by atoms with Crippen molar-refractivity contribution in [3.05, 3.63) is 75.3 Å². The van der Waals surface area contributed by atoms with Gasteiger partial charge in [-0.25, -0.2) is 0 Å². The molecule has 8 heteroatoms. The van der Waals surface area contributed by atoms with Crippen LogP contribution in [0.1, 0.15) is 23.6 Å². The number of benzene rings is 2. The van der Waals surface area contributed by atoms with Gasteiger partial charge in [0.25, 0.3) is 17.5 Å². The minimum Gasteiger partial charge on any atom is -0.481 e. The van der Waals surface area contributed by atoms with E-state index in [-0.39, 0.29) is 5.69 Å². The molecule has 2 aromatic carbocycles. The van der Waals surface area contributed by atoms with E-state index in [1.165, 1.54) is 24.3 Å². The van der Waals surface area contributed by atoms with Crippen LogP contribution in [0.15, 0.2) is 48.5 Å². The molecule has 1 atom stereocenters. The topological polar surface area (TPSA) is 111 Å². The fourth-order valence-corrected chi connectivity index (χ4v) is 2.28. The summed E-state index contributed by atoms with van der Waals surface area (Å²) in [5, 5.41) is 10.7. The van der Waals surface area contributed by atoms with E-state index in [0.717, 1.165) is 17.2 Å². The van der Waals surface area contributed by atoms with Gasteiger partial charge in [0.1, 0.15) is 5.75 Å². The molecular weight excluding hydrogens is 362 g/mol. The lowest BCUT2D eigenvalue weighted by molar-refractivity contribution is -0.384. The van der Waals surface area contributed by atoms with E-state index in [1.807, 2.05) is 26.0 Å². The summed E-state index contributed by atoms with van der Waals surface area (Å²) in [6.45, 7) is 5.42. The van der Waals surface area contributed by atoms with E-state index in [1.54, 1.807) is 19.1 Å². The van der Waals surface area contributed by atoms with Crippen LogP contribution in [0, 0.1) is 24.0 Å². The van der Waals surface area contributed by atoms with E-state index < -0.39 is 22.8 Å². The number of nitrogens with zero attached hydrogens (tertiary/aromatic N) is 1. The van der Waals surface area contributed by atoms with Gasteiger partial charge in [-0.15, -0.1) is 0 Å². The van der Waals surface area contributed by atoms with Gasteiger partial charge in [-0.2, -0.15) is 0 Å². The summed E-state index contributed by atoms with van der Waals surface area (Å²) in [4.78, 5) is 34.2. The Morgan fingerprint density at radius 2 is 1.86 bits per heavy atom. The molecule has 0 aromatic heterocycles. The molecule has 0 saturated heterocycles. The number of nitro groups is 1. The number of nitrogens with one attached hydrogen (secondary N) is 2. The van der Waals surface area contributed by atoms with Gasteiger partial charge in [-0.3, -0.25) is 30.6 Å². The fourth-order valence-electron chi connectivity index (χ4n) is 2.28. The highest BCUT2D eigenvalue weighted by Gasteiger charge is 2.16. The number of hydrazine groups is 1. The minimum absolute atomic E-state index is 0.0757. The molecule has 0 radical (unpaired) electrons. The van der Waals surface area contributed by atoms with Crippen LogP contribution in [0.3, 0.4) is 0 Å². The van der Waals surface area contributed by atoms with Crippen LogP contribution in [0.5, 0.6) is 5.75 Å². The van der Waals surface area contributed by atoms with Crippen molar-refractivity contribution in [2.75, 3.05) is 0 Å². The number of carbonyl (C=O) groups excluding carboxylic acids is 2. The van der Waals surface area contributed by atoms with Gasteiger partial charge in [-0.1, -0.05) is 24.3 Å². The number of carbonyl (C=O) groups is 2. The lowest BCUT2D eigenvalue weighted by Gasteiger charge is -2.17. The first kappa shape index (κ1) is 20.6. The second kappa shape index (κ2) is 9.31. The average molecular weight is 383 g/mol. The molecule has 0 bridgehead atoms. The Bertz CT molecular complexity index is 924. The third-order valence-corrected chi connectivity index (χ3v) is 4.04. The summed E-state index contributed by atoms with van der Waals surface area (Å²) < 4.78 is 5.64. The zero-order valence-corrected chi connectivity index (χ0v) is 15.8. The van der Waals surface area contributed by atoms with Crippen LogP contribution < -0.4 is 15.6 Å². The van der Waals surface area contributed by atoms with Crippen LogP contribution in [-0.2, 0) is 9.59 Å². The summed E-state index contributed by atoms with van der Waals surface area (Å²) in [6, 6.07) is 11.4. The zero-order chi connectivity index (χ0) is 20.7. The normalized spacial score (nSPS) is 11.7. The van der Waals surface area contributed by atoms with E-state index in [4.69, 9.17) is 4.74 Å². The number of ether oxygens (including phenoxy) is 1. The maximum atomic E-state index is 12.1. The van der Waals surface area contributed by atoms with Crippen LogP contribution in [0.2, 0.25) is 0 Å². The minimum atomic E-state index is -0.818. The van der Waals surface area contributed by atoms with Gasteiger partial charge in [0.2, 0.25) is 0 Å². The first-order valence-electron chi connectivity index (χ1n) is 8.53. The van der Waals surface area contributed by atoms with Crippen molar-refractivity contribution in [1.29, 1.82) is 0 Å². The molecule has 0 aliphatic rings. The van der Waals surface area contributed by atoms with Crippen molar-refractivity contribution in [3.8, 4) is 5.75 Å². The van der Waals surface area contributed by atoms with E-state index in [0.29, 0.717) is 11.3 Å². The highest BCUT2D eigenvalue weighted by Crippen LogP contribution is 2.21. The molecule has 0 unspecified atom stereocenters. The Labute approximate surface area is 162 Å². The second-order valence-corrected chi connectivity index (χ2v) is 6.12. The predicted molar refractivity (Wildman–Crippen MR) is 104 cm³/mol. The molecule has 0 spiro atoms. The largest absolute Gasteiger partial charge is 0.481 e. The summed E-state index contributed by atoms with van der Waals surface area (Å²) in [6.07, 6.45) is 1.75. The number of non-ortho nitro benzene ring substituents is 1. The Morgan fingerprint density at radius 1 is 1.14 bits per heavy atom. The lowest BCUT2D eigenvalue weighted by atomic mass is 10.1. The number of amides is 2. The predicted octanol–water partition coefficient (Wildman–Crippen LogP) is 2.84. The molecule has 0 aliphatic heterocycles. The van der Waals surface area contributed by atoms with Crippen LogP contribution >= 0.6 is 0 Å². The SMILES string of the molecule is Cc1cccc(O[C@@H](C)C(=O)NNC(=O)/C=C/c2cccc([N+](=O)[O-])c2)c1C. The van der Waals surface area contributed by atoms with Gasteiger partial charge >= 0.3 is 0 Å². The third-order valence-electron chi connectivity index (χ3n) is 4.04. The molecule has 2 amide bonds. The van der Waals surface area contributed by atoms with Gasteiger partial charge in [0, 0.05) is 18.2 Å². The van der Waals surface area contributed by atoms with Crippen LogP contribution in [-0.4, -0.2) is 22.8 Å². The van der Waals surface area contributed by atoms with E-state index in [9.17, 15) is 19.7 Å². The number of nitro benzene ring substituents is 1. The van der Waals surface area contributed by atoms with E-state index >= 15 is 0 Å². The number of rotatable bonds is 6. The van der Waals surface area contributed by atoms with Crippen molar-refractivity contribution in [3.63, 3.8) is 0 Å². The number of hydrogen-bond donors (Lipinski definition) is 2. The average Bonchev–Trinajstić information content (AvgIpc) is 2.68. The summed E-state index contributed by atoms with van der Waals surface area (Å²) in [7, 11) is 0. The quantitative estimate of drug-likeness (QED) is 0.453. The zero-order valence-electron chi connectivity index (χ0n) is 15.8. The molecule has 0 aliphatic carbocycles. The monoisotopic (exact) mass is 383 g/mol. The van der Waals surface area contributed by atoms with Gasteiger partial charge in [0.05, 0.1) is 4.92 Å². The number of hydrogen-bond acceptors (Lipinski definition) is 5. The van der Waals surface area contributed by atoms with Crippen molar-refractivity contribution in [1.82, 2.24) is 10.9 Å². The highest BCUT2D eigenvalue weighted by atomic mass is 16.6. The smallest absolute Gasteiger partial charge is 0.279 e.